The standard InChI is InChI=1S/C33H36N4O4S/c1-20-10-8-11-21(2)29(20)27-19-28-35-32(34-27)36-42(39,40)26-13-9-12-24(18-26)31(38)37(7)22(3)30(41-28)23-14-16-25(17-15-23)33(4,5)6/h8-19,22,30H,1-7H3,(H,34,35,36)/t22-,30+/m1/s1. The first-order valence-corrected chi connectivity index (χ1v) is 15.4. The van der Waals surface area contributed by atoms with Crippen molar-refractivity contribution in [2.75, 3.05) is 11.8 Å². The first-order chi connectivity index (χ1) is 19.7. The average molecular weight is 585 g/mol. The third-order valence-electron chi connectivity index (χ3n) is 7.78. The average Bonchev–Trinajstić information content (AvgIpc) is 2.94. The SMILES string of the molecule is Cc1cccc(C)c1-c1cc2nc(n1)NS(=O)(=O)c1cccc(c1)C(=O)N(C)[C@H](C)[C@@H](c1ccc(C(C)(C)C)cc1)O2. The van der Waals surface area contributed by atoms with Crippen molar-refractivity contribution in [2.24, 2.45) is 0 Å². The number of sulfonamides is 1. The van der Waals surface area contributed by atoms with Gasteiger partial charge in [-0.1, -0.05) is 69.3 Å². The van der Waals surface area contributed by atoms with Gasteiger partial charge in [-0.2, -0.15) is 4.98 Å². The number of nitrogens with one attached hydrogen (secondary N) is 1. The molecule has 1 aromatic heterocycles. The lowest BCUT2D eigenvalue weighted by Crippen LogP contribution is -2.41. The van der Waals surface area contributed by atoms with Crippen LogP contribution in [0.25, 0.3) is 11.3 Å². The highest BCUT2D eigenvalue weighted by Gasteiger charge is 2.31. The van der Waals surface area contributed by atoms with E-state index < -0.39 is 22.2 Å². The molecule has 1 amide bonds. The Kier molecular flexibility index (Phi) is 7.57. The summed E-state index contributed by atoms with van der Waals surface area (Å²) in [6, 6.07) is 21.3. The second-order valence-electron chi connectivity index (χ2n) is 11.9. The van der Waals surface area contributed by atoms with Crippen molar-refractivity contribution in [2.45, 2.75) is 64.0 Å². The Morgan fingerprint density at radius 3 is 2.19 bits per heavy atom. The molecule has 0 unspecified atom stereocenters. The fourth-order valence-corrected chi connectivity index (χ4v) is 6.18. The van der Waals surface area contributed by atoms with Crippen LogP contribution in [-0.2, 0) is 15.4 Å². The fourth-order valence-electron chi connectivity index (χ4n) is 5.19. The van der Waals surface area contributed by atoms with E-state index in [9.17, 15) is 13.2 Å². The van der Waals surface area contributed by atoms with Crippen LogP contribution in [0, 0.1) is 13.8 Å². The van der Waals surface area contributed by atoms with Gasteiger partial charge in [0.15, 0.2) is 0 Å². The quantitative estimate of drug-likeness (QED) is 0.291. The predicted octanol–water partition coefficient (Wildman–Crippen LogP) is 6.45. The highest BCUT2D eigenvalue weighted by molar-refractivity contribution is 7.92. The number of amides is 1. The summed E-state index contributed by atoms with van der Waals surface area (Å²) < 4.78 is 36.0. The van der Waals surface area contributed by atoms with E-state index in [1.807, 2.05) is 51.1 Å². The maximum Gasteiger partial charge on any atom is 0.264 e. The third-order valence-corrected chi connectivity index (χ3v) is 9.11. The van der Waals surface area contributed by atoms with E-state index >= 15 is 0 Å². The molecule has 0 saturated heterocycles. The highest BCUT2D eigenvalue weighted by atomic mass is 32.2. The van der Waals surface area contributed by atoms with Crippen LogP contribution in [0.3, 0.4) is 0 Å². The molecular formula is C33H36N4O4S. The number of carbonyl (C=O) groups excluding carboxylic acids is 1. The summed E-state index contributed by atoms with van der Waals surface area (Å²) in [5, 5.41) is 0. The van der Waals surface area contributed by atoms with Crippen molar-refractivity contribution in [1.82, 2.24) is 14.9 Å². The largest absolute Gasteiger partial charge is 0.467 e. The summed E-state index contributed by atoms with van der Waals surface area (Å²) in [4.78, 5) is 24.2. The zero-order valence-electron chi connectivity index (χ0n) is 25.0. The molecule has 2 heterocycles. The summed E-state index contributed by atoms with van der Waals surface area (Å²) in [7, 11) is -2.42. The lowest BCUT2D eigenvalue weighted by atomic mass is 9.86. The molecule has 4 bridgehead atoms. The van der Waals surface area contributed by atoms with E-state index in [-0.39, 0.29) is 33.6 Å². The summed E-state index contributed by atoms with van der Waals surface area (Å²) >= 11 is 0. The Morgan fingerprint density at radius 1 is 0.905 bits per heavy atom. The minimum absolute atomic E-state index is 0.0352. The van der Waals surface area contributed by atoms with Crippen molar-refractivity contribution in [1.29, 1.82) is 0 Å². The summed E-state index contributed by atoms with van der Waals surface area (Å²) in [6.45, 7) is 12.3. The van der Waals surface area contributed by atoms with Crippen molar-refractivity contribution in [3.05, 3.63) is 101 Å². The number of hydrogen-bond acceptors (Lipinski definition) is 6. The number of fused-ring (bicyclic) bond motifs is 4. The molecule has 1 aliphatic rings. The molecule has 0 saturated carbocycles. The topological polar surface area (TPSA) is 101 Å². The number of benzene rings is 3. The number of nitrogens with zero attached hydrogens (tertiary/aromatic N) is 3. The Labute approximate surface area is 247 Å². The van der Waals surface area contributed by atoms with Gasteiger partial charge in [-0.25, -0.2) is 18.1 Å². The summed E-state index contributed by atoms with van der Waals surface area (Å²) in [6.07, 6.45) is -0.623. The fraction of sp³-hybridized carbons (Fsp3) is 0.303. The van der Waals surface area contributed by atoms with Gasteiger partial charge in [0.05, 0.1) is 16.6 Å². The molecule has 9 heteroatoms. The molecule has 1 aliphatic heterocycles. The van der Waals surface area contributed by atoms with Gasteiger partial charge >= 0.3 is 0 Å². The van der Waals surface area contributed by atoms with Gasteiger partial charge < -0.3 is 9.64 Å². The lowest BCUT2D eigenvalue weighted by Gasteiger charge is -2.33. The van der Waals surface area contributed by atoms with Gasteiger partial charge in [0.2, 0.25) is 11.8 Å². The van der Waals surface area contributed by atoms with Crippen LogP contribution in [0.15, 0.2) is 77.7 Å². The summed E-state index contributed by atoms with van der Waals surface area (Å²) in [5.41, 5.74) is 5.58. The number of aromatic nitrogens is 2. The molecule has 42 heavy (non-hydrogen) atoms. The predicted molar refractivity (Wildman–Crippen MR) is 164 cm³/mol. The molecule has 0 fully saturated rings. The van der Waals surface area contributed by atoms with E-state index in [4.69, 9.17) is 4.74 Å². The number of ether oxygens (including phenoxy) is 1. The number of hydrogen-bond donors (Lipinski definition) is 1. The van der Waals surface area contributed by atoms with Crippen molar-refractivity contribution >= 4 is 21.9 Å². The summed E-state index contributed by atoms with van der Waals surface area (Å²) in [5.74, 6) is -0.263. The van der Waals surface area contributed by atoms with Crippen LogP contribution in [0.4, 0.5) is 5.95 Å². The Hall–Kier alpha value is -4.24. The van der Waals surface area contributed by atoms with Crippen LogP contribution in [-0.4, -0.2) is 42.3 Å². The Balaban J connectivity index is 1.72. The van der Waals surface area contributed by atoms with Gasteiger partial charge in [0, 0.05) is 24.2 Å². The second kappa shape index (κ2) is 10.9. The minimum Gasteiger partial charge on any atom is -0.467 e. The maximum absolute atomic E-state index is 13.6. The third kappa shape index (κ3) is 5.74. The molecule has 4 aromatic rings. The molecule has 1 N–H and O–H groups in total. The monoisotopic (exact) mass is 584 g/mol. The first-order valence-electron chi connectivity index (χ1n) is 13.9. The molecule has 0 aliphatic carbocycles. The van der Waals surface area contributed by atoms with Crippen LogP contribution in [0.1, 0.15) is 66.4 Å². The van der Waals surface area contributed by atoms with E-state index in [1.165, 1.54) is 17.7 Å². The van der Waals surface area contributed by atoms with Gasteiger partial charge in [-0.05, 0) is 66.6 Å². The van der Waals surface area contributed by atoms with Crippen LogP contribution < -0.4 is 9.46 Å². The Morgan fingerprint density at radius 2 is 1.55 bits per heavy atom. The number of carbonyl (C=O) groups is 1. The van der Waals surface area contributed by atoms with Crippen LogP contribution in [0.2, 0.25) is 0 Å². The lowest BCUT2D eigenvalue weighted by molar-refractivity contribution is 0.0544. The van der Waals surface area contributed by atoms with Gasteiger partial charge in [0.25, 0.3) is 15.9 Å². The van der Waals surface area contributed by atoms with Crippen molar-refractivity contribution < 1.29 is 17.9 Å². The zero-order valence-corrected chi connectivity index (χ0v) is 25.8. The number of aryl methyl sites for hydroxylation is 2. The van der Waals surface area contributed by atoms with Gasteiger partial charge in [0.1, 0.15) is 6.10 Å². The molecular weight excluding hydrogens is 548 g/mol. The van der Waals surface area contributed by atoms with Crippen LogP contribution >= 0.6 is 0 Å². The zero-order chi connectivity index (χ0) is 30.4. The van der Waals surface area contributed by atoms with E-state index in [1.54, 1.807) is 30.1 Å². The van der Waals surface area contributed by atoms with Crippen molar-refractivity contribution in [3.63, 3.8) is 0 Å². The second-order valence-corrected chi connectivity index (χ2v) is 13.6. The normalized spacial score (nSPS) is 18.6. The molecule has 3 aromatic carbocycles. The van der Waals surface area contributed by atoms with Crippen molar-refractivity contribution in [3.8, 4) is 17.1 Å². The minimum atomic E-state index is -4.12. The highest BCUT2D eigenvalue weighted by Crippen LogP contribution is 2.34. The first kappa shape index (κ1) is 29.3. The van der Waals surface area contributed by atoms with Gasteiger partial charge in [-0.15, -0.1) is 0 Å². The molecule has 0 radical (unpaired) electrons. The molecule has 0 spiro atoms. The maximum atomic E-state index is 13.6. The van der Waals surface area contributed by atoms with E-state index in [0.717, 1.165) is 22.3 Å². The molecule has 2 atom stereocenters. The number of likely N-dealkylation sites (N-methyl/N-ethyl adjacent to an activating group) is 1. The van der Waals surface area contributed by atoms with Crippen LogP contribution in [0.5, 0.6) is 5.88 Å². The van der Waals surface area contributed by atoms with Gasteiger partial charge in [-0.3, -0.25) is 4.79 Å². The molecule has 218 valence electrons. The van der Waals surface area contributed by atoms with E-state index in [2.05, 4.69) is 47.6 Å². The molecule has 8 nitrogen and oxygen atoms in total. The number of rotatable bonds is 2. The van der Waals surface area contributed by atoms with E-state index in [0.29, 0.717) is 5.69 Å². The molecule has 5 rings (SSSR count). The Bertz CT molecular complexity index is 1740. The number of anilines is 1. The smallest absolute Gasteiger partial charge is 0.264 e.